The van der Waals surface area contributed by atoms with E-state index in [0.717, 1.165) is 42.5 Å². The van der Waals surface area contributed by atoms with Gasteiger partial charge in [-0.15, -0.1) is 0 Å². The summed E-state index contributed by atoms with van der Waals surface area (Å²) in [5.41, 5.74) is 12.1. The Morgan fingerprint density at radius 2 is 1.70 bits per heavy atom. The Kier molecular flexibility index (Phi) is 5.11. The molecule has 2 aromatic heterocycles. The molecule has 3 nitrogen and oxygen atoms in total. The third kappa shape index (κ3) is 3.54. The number of rotatable bonds is 5. The number of pyridine rings is 2. The van der Waals surface area contributed by atoms with Crippen molar-refractivity contribution in [2.75, 3.05) is 0 Å². The van der Waals surface area contributed by atoms with Crippen LogP contribution in [0.1, 0.15) is 72.9 Å². The topological polar surface area (TPSA) is 51.8 Å². The lowest BCUT2D eigenvalue weighted by molar-refractivity contribution is 0.385. The van der Waals surface area contributed by atoms with Gasteiger partial charge in [-0.2, -0.15) is 0 Å². The Morgan fingerprint density at radius 3 is 2.43 bits per heavy atom. The van der Waals surface area contributed by atoms with Gasteiger partial charge in [-0.05, 0) is 91.2 Å². The van der Waals surface area contributed by atoms with E-state index < -0.39 is 0 Å². The first-order valence-corrected chi connectivity index (χ1v) is 11.1. The molecule has 0 saturated heterocycles. The van der Waals surface area contributed by atoms with Crippen molar-refractivity contribution < 1.29 is 4.39 Å². The minimum atomic E-state index is -0.241. The molecule has 0 radical (unpaired) electrons. The molecule has 5 rings (SSSR count). The van der Waals surface area contributed by atoms with Gasteiger partial charge in [0.1, 0.15) is 11.3 Å². The van der Waals surface area contributed by atoms with E-state index in [1.54, 1.807) is 12.3 Å². The first-order valence-electron chi connectivity index (χ1n) is 11.1. The fourth-order valence-corrected chi connectivity index (χ4v) is 5.07. The number of allylic oxidation sites excluding steroid dienone is 1. The summed E-state index contributed by atoms with van der Waals surface area (Å²) in [6.45, 7) is 4.95. The Morgan fingerprint density at radius 1 is 0.967 bits per heavy atom. The van der Waals surface area contributed by atoms with E-state index >= 15 is 0 Å². The van der Waals surface area contributed by atoms with E-state index in [0.29, 0.717) is 29.8 Å². The molecule has 2 N–H and O–H groups in total. The largest absolute Gasteiger partial charge is 0.325 e. The number of fused-ring (bicyclic) bond motifs is 1. The summed E-state index contributed by atoms with van der Waals surface area (Å²) in [6, 6.07) is 11.6. The molecule has 0 aliphatic heterocycles. The molecule has 4 heteroatoms. The van der Waals surface area contributed by atoms with Gasteiger partial charge in [0.05, 0.1) is 11.4 Å². The van der Waals surface area contributed by atoms with Crippen LogP contribution in [0.3, 0.4) is 0 Å². The van der Waals surface area contributed by atoms with Gasteiger partial charge in [0.25, 0.3) is 0 Å². The number of hydrogen-bond acceptors (Lipinski definition) is 3. The van der Waals surface area contributed by atoms with Gasteiger partial charge in [-0.3, -0.25) is 9.97 Å². The van der Waals surface area contributed by atoms with Crippen LogP contribution in [0, 0.1) is 11.7 Å². The summed E-state index contributed by atoms with van der Waals surface area (Å²) >= 11 is 0. The molecule has 2 aliphatic carbocycles. The summed E-state index contributed by atoms with van der Waals surface area (Å²) in [5, 5.41) is 0.952. The van der Waals surface area contributed by atoms with Gasteiger partial charge in [-0.25, -0.2) is 4.39 Å². The Hall–Kier alpha value is -2.59. The molecule has 0 amide bonds. The maximum Gasteiger partial charge on any atom is 0.149 e. The normalized spacial score (nSPS) is 21.7. The zero-order valence-corrected chi connectivity index (χ0v) is 17.3. The van der Waals surface area contributed by atoms with Crippen molar-refractivity contribution in [3.05, 3.63) is 77.5 Å². The summed E-state index contributed by atoms with van der Waals surface area (Å²) in [4.78, 5) is 9.14. The van der Waals surface area contributed by atoms with Crippen LogP contribution in [0.5, 0.6) is 0 Å². The van der Waals surface area contributed by atoms with Crippen LogP contribution in [-0.2, 0) is 6.54 Å². The van der Waals surface area contributed by atoms with Crippen molar-refractivity contribution >= 4 is 16.5 Å². The third-order valence-corrected chi connectivity index (χ3v) is 6.93. The predicted octanol–water partition coefficient (Wildman–Crippen LogP) is 6.09. The van der Waals surface area contributed by atoms with E-state index in [1.807, 2.05) is 6.07 Å². The van der Waals surface area contributed by atoms with Crippen LogP contribution in [0.4, 0.5) is 4.39 Å². The molecular weight excluding hydrogens is 373 g/mol. The highest BCUT2D eigenvalue weighted by molar-refractivity contribution is 5.83. The molecule has 2 fully saturated rings. The van der Waals surface area contributed by atoms with Gasteiger partial charge >= 0.3 is 0 Å². The minimum absolute atomic E-state index is 0.241. The first-order chi connectivity index (χ1) is 14.7. The number of aromatic nitrogens is 2. The number of nitrogens with zero attached hydrogens (tertiary/aromatic N) is 2. The van der Waals surface area contributed by atoms with Crippen molar-refractivity contribution in [1.82, 2.24) is 9.97 Å². The molecule has 0 unspecified atom stereocenters. The number of benzene rings is 1. The molecule has 3 aromatic rings. The highest BCUT2D eigenvalue weighted by Gasteiger charge is 2.31. The van der Waals surface area contributed by atoms with Gasteiger partial charge in [0.15, 0.2) is 0 Å². The lowest BCUT2D eigenvalue weighted by Crippen LogP contribution is -2.16. The lowest BCUT2D eigenvalue weighted by Gasteiger charge is -2.31. The standard InChI is InChI=1S/C26H28FN3/c1-16(25-22(19-9-10-19)12-11-20(15-28)30-25)17-5-7-18(8-6-17)21-13-14-29-26-23(21)3-2-4-24(26)27/h2-4,11-14,17-19H,1,5-10,15,28H2. The van der Waals surface area contributed by atoms with Crippen molar-refractivity contribution in [3.63, 3.8) is 0 Å². The van der Waals surface area contributed by atoms with E-state index in [4.69, 9.17) is 10.7 Å². The van der Waals surface area contributed by atoms with E-state index in [2.05, 4.69) is 29.8 Å². The quantitative estimate of drug-likeness (QED) is 0.563. The summed E-state index contributed by atoms with van der Waals surface area (Å²) in [5.74, 6) is 1.29. The minimum Gasteiger partial charge on any atom is -0.325 e. The average molecular weight is 402 g/mol. The van der Waals surface area contributed by atoms with Gasteiger partial charge in [0, 0.05) is 18.1 Å². The van der Waals surface area contributed by atoms with Gasteiger partial charge in [0.2, 0.25) is 0 Å². The highest BCUT2D eigenvalue weighted by Crippen LogP contribution is 2.46. The molecule has 0 atom stereocenters. The molecular formula is C26H28FN3. The maximum absolute atomic E-state index is 14.2. The number of para-hydroxylation sites is 1. The summed E-state index contributed by atoms with van der Waals surface area (Å²) in [6.07, 6.45) is 8.58. The van der Waals surface area contributed by atoms with Crippen molar-refractivity contribution in [3.8, 4) is 0 Å². The SMILES string of the molecule is C=C(c1nc(CN)ccc1C1CC1)C1CCC(c2ccnc3c(F)cccc23)CC1. The van der Waals surface area contributed by atoms with Crippen molar-refractivity contribution in [2.24, 2.45) is 11.7 Å². The molecule has 1 aromatic carbocycles. The van der Waals surface area contributed by atoms with E-state index in [9.17, 15) is 4.39 Å². The third-order valence-electron chi connectivity index (χ3n) is 6.93. The van der Waals surface area contributed by atoms with Crippen LogP contribution < -0.4 is 5.73 Å². The Bertz CT molecular complexity index is 1090. The Labute approximate surface area is 177 Å². The first kappa shape index (κ1) is 19.4. The molecule has 0 bridgehead atoms. The maximum atomic E-state index is 14.2. The molecule has 2 saturated carbocycles. The fourth-order valence-electron chi connectivity index (χ4n) is 5.07. The van der Waals surface area contributed by atoms with Crippen LogP contribution >= 0.6 is 0 Å². The summed E-state index contributed by atoms with van der Waals surface area (Å²) in [7, 11) is 0. The zero-order valence-electron chi connectivity index (χ0n) is 17.3. The van der Waals surface area contributed by atoms with E-state index in [-0.39, 0.29) is 5.82 Å². The van der Waals surface area contributed by atoms with Crippen molar-refractivity contribution in [1.29, 1.82) is 0 Å². The second-order valence-corrected chi connectivity index (χ2v) is 8.83. The molecule has 30 heavy (non-hydrogen) atoms. The second-order valence-electron chi connectivity index (χ2n) is 8.83. The molecule has 2 heterocycles. The van der Waals surface area contributed by atoms with Crippen LogP contribution in [0.25, 0.3) is 16.5 Å². The van der Waals surface area contributed by atoms with Crippen LogP contribution in [0.15, 0.2) is 49.2 Å². The zero-order chi connectivity index (χ0) is 20.7. The average Bonchev–Trinajstić information content (AvgIpc) is 3.64. The van der Waals surface area contributed by atoms with Crippen molar-refractivity contribution in [2.45, 2.75) is 56.9 Å². The van der Waals surface area contributed by atoms with E-state index in [1.165, 1.54) is 35.6 Å². The molecule has 2 aliphatic rings. The smallest absolute Gasteiger partial charge is 0.149 e. The van der Waals surface area contributed by atoms with Crippen LogP contribution in [0.2, 0.25) is 0 Å². The van der Waals surface area contributed by atoms with Gasteiger partial charge < -0.3 is 5.73 Å². The summed E-state index contributed by atoms with van der Waals surface area (Å²) < 4.78 is 14.2. The second kappa shape index (κ2) is 7.92. The Balaban J connectivity index is 1.36. The fraction of sp³-hybridized carbons (Fsp3) is 0.385. The molecule has 0 spiro atoms. The predicted molar refractivity (Wildman–Crippen MR) is 120 cm³/mol. The highest BCUT2D eigenvalue weighted by atomic mass is 19.1. The number of halogens is 1. The van der Waals surface area contributed by atoms with Gasteiger partial charge in [-0.1, -0.05) is 24.8 Å². The number of hydrogen-bond donors (Lipinski definition) is 1. The molecule has 154 valence electrons. The lowest BCUT2D eigenvalue weighted by atomic mass is 9.74. The van der Waals surface area contributed by atoms with Crippen LogP contribution in [-0.4, -0.2) is 9.97 Å². The number of nitrogens with two attached hydrogens (primary N) is 1. The monoisotopic (exact) mass is 401 g/mol.